The van der Waals surface area contributed by atoms with Crippen LogP contribution in [0.3, 0.4) is 0 Å². The van der Waals surface area contributed by atoms with Crippen LogP contribution in [0.15, 0.2) is 0 Å². The Morgan fingerprint density at radius 1 is 1.05 bits per heavy atom. The average molecular weight is 297 g/mol. The maximum absolute atomic E-state index is 9.83. The van der Waals surface area contributed by atoms with Crippen molar-refractivity contribution in [2.45, 2.75) is 53.2 Å². The van der Waals surface area contributed by atoms with Gasteiger partial charge in [-0.05, 0) is 26.2 Å². The van der Waals surface area contributed by atoms with Crippen LogP contribution in [0, 0.1) is 5.92 Å². The molecule has 1 heterocycles. The van der Waals surface area contributed by atoms with Gasteiger partial charge in [0.25, 0.3) is 0 Å². The Kier molecular flexibility index (Phi) is 7.14. The van der Waals surface area contributed by atoms with Crippen LogP contribution < -0.4 is 15.4 Å². The molecule has 0 fully saturated rings. The molecule has 1 aromatic heterocycles. The van der Waals surface area contributed by atoms with Crippen LogP contribution in [0.1, 0.15) is 41.0 Å². The molecule has 1 rings (SSSR count). The van der Waals surface area contributed by atoms with Gasteiger partial charge >= 0.3 is 6.01 Å². The summed E-state index contributed by atoms with van der Waals surface area (Å²) in [7, 11) is 0. The number of nitrogens with one attached hydrogen (secondary N) is 2. The molecule has 0 aliphatic rings. The lowest BCUT2D eigenvalue weighted by Crippen LogP contribution is -2.26. The van der Waals surface area contributed by atoms with E-state index in [9.17, 15) is 5.11 Å². The van der Waals surface area contributed by atoms with Gasteiger partial charge in [-0.1, -0.05) is 20.8 Å². The van der Waals surface area contributed by atoms with Crippen molar-refractivity contribution in [1.29, 1.82) is 0 Å². The summed E-state index contributed by atoms with van der Waals surface area (Å²) in [6, 6.07) is 0.278. The lowest BCUT2D eigenvalue weighted by Gasteiger charge is -2.16. The molecule has 1 atom stereocenters. The van der Waals surface area contributed by atoms with Gasteiger partial charge in [-0.3, -0.25) is 0 Å². The first-order valence-corrected chi connectivity index (χ1v) is 7.50. The van der Waals surface area contributed by atoms with E-state index >= 15 is 0 Å². The van der Waals surface area contributed by atoms with Gasteiger partial charge in [-0.15, -0.1) is 0 Å². The summed E-state index contributed by atoms with van der Waals surface area (Å²) in [6.45, 7) is 11.0. The number of aromatic nitrogens is 3. The first-order valence-electron chi connectivity index (χ1n) is 7.50. The Hall–Kier alpha value is -1.63. The highest BCUT2D eigenvalue weighted by Gasteiger charge is 2.12. The topological polar surface area (TPSA) is 92.2 Å². The highest BCUT2D eigenvalue weighted by Crippen LogP contribution is 2.13. The minimum Gasteiger partial charge on any atom is -0.461 e. The molecule has 0 saturated heterocycles. The van der Waals surface area contributed by atoms with Gasteiger partial charge in [0.05, 0.1) is 12.2 Å². The molecule has 0 aliphatic heterocycles. The molecule has 0 radical (unpaired) electrons. The predicted molar refractivity (Wildman–Crippen MR) is 83.7 cm³/mol. The van der Waals surface area contributed by atoms with Crippen LogP contribution in [-0.4, -0.2) is 45.4 Å². The number of aliphatic hydroxyl groups is 1. The molecule has 0 amide bonds. The van der Waals surface area contributed by atoms with Crippen LogP contribution >= 0.6 is 0 Å². The molecule has 21 heavy (non-hydrogen) atoms. The summed E-state index contributed by atoms with van der Waals surface area (Å²) in [5, 5.41) is 16.0. The van der Waals surface area contributed by atoms with E-state index in [1.54, 1.807) is 0 Å². The predicted octanol–water partition coefficient (Wildman–Crippen LogP) is 1.91. The summed E-state index contributed by atoms with van der Waals surface area (Å²) in [5.41, 5.74) is 0. The zero-order valence-electron chi connectivity index (χ0n) is 13.6. The highest BCUT2D eigenvalue weighted by molar-refractivity contribution is 5.35. The lowest BCUT2D eigenvalue weighted by atomic mass is 10.1. The van der Waals surface area contributed by atoms with E-state index in [1.807, 2.05) is 27.7 Å². The molecule has 120 valence electrons. The summed E-state index contributed by atoms with van der Waals surface area (Å²) >= 11 is 0. The van der Waals surface area contributed by atoms with E-state index in [0.29, 0.717) is 18.4 Å². The van der Waals surface area contributed by atoms with Gasteiger partial charge < -0.3 is 20.5 Å². The molecule has 1 unspecified atom stereocenters. The third-order valence-electron chi connectivity index (χ3n) is 2.73. The fourth-order valence-corrected chi connectivity index (χ4v) is 1.45. The molecule has 0 aliphatic carbocycles. The number of nitrogens with zero attached hydrogens (tertiary/aromatic N) is 3. The Morgan fingerprint density at radius 2 is 1.67 bits per heavy atom. The fourth-order valence-electron chi connectivity index (χ4n) is 1.45. The Morgan fingerprint density at radius 3 is 2.19 bits per heavy atom. The van der Waals surface area contributed by atoms with Crippen LogP contribution in [0.2, 0.25) is 0 Å². The SMILES string of the molecule is CCCNc1nc(NCC(O)C(C)C)nc(OC(C)C)n1. The summed E-state index contributed by atoms with van der Waals surface area (Å²) in [6.07, 6.45) is 0.504. The average Bonchev–Trinajstić information content (AvgIpc) is 2.41. The Bertz CT molecular complexity index is 426. The summed E-state index contributed by atoms with van der Waals surface area (Å²) in [4.78, 5) is 12.7. The highest BCUT2D eigenvalue weighted by atomic mass is 16.5. The smallest absolute Gasteiger partial charge is 0.323 e. The first kappa shape index (κ1) is 17.4. The fraction of sp³-hybridized carbons (Fsp3) is 0.786. The minimum absolute atomic E-state index is 0.0134. The largest absolute Gasteiger partial charge is 0.461 e. The zero-order valence-corrected chi connectivity index (χ0v) is 13.6. The third-order valence-corrected chi connectivity index (χ3v) is 2.73. The second-order valence-corrected chi connectivity index (χ2v) is 5.55. The molecule has 0 bridgehead atoms. The molecule has 0 saturated carbocycles. The maximum atomic E-state index is 9.83. The van der Waals surface area contributed by atoms with E-state index < -0.39 is 6.10 Å². The number of ether oxygens (including phenoxy) is 1. The molecule has 0 aromatic carbocycles. The summed E-state index contributed by atoms with van der Waals surface area (Å²) < 4.78 is 5.53. The maximum Gasteiger partial charge on any atom is 0.323 e. The summed E-state index contributed by atoms with van der Waals surface area (Å²) in [5.74, 6) is 1.05. The van der Waals surface area contributed by atoms with Crippen molar-refractivity contribution in [3.63, 3.8) is 0 Å². The van der Waals surface area contributed by atoms with Crippen LogP contribution in [-0.2, 0) is 0 Å². The van der Waals surface area contributed by atoms with E-state index in [-0.39, 0.29) is 18.0 Å². The molecule has 0 spiro atoms. The number of anilines is 2. The Labute approximate surface area is 126 Å². The van der Waals surface area contributed by atoms with Crippen LogP contribution in [0.5, 0.6) is 6.01 Å². The van der Waals surface area contributed by atoms with Crippen molar-refractivity contribution in [3.05, 3.63) is 0 Å². The molecule has 7 nitrogen and oxygen atoms in total. The van der Waals surface area contributed by atoms with E-state index in [1.165, 1.54) is 0 Å². The number of aliphatic hydroxyl groups excluding tert-OH is 1. The monoisotopic (exact) mass is 297 g/mol. The van der Waals surface area contributed by atoms with Gasteiger partial charge in [0.15, 0.2) is 0 Å². The van der Waals surface area contributed by atoms with Crippen LogP contribution in [0.25, 0.3) is 0 Å². The number of hydrogen-bond acceptors (Lipinski definition) is 7. The van der Waals surface area contributed by atoms with Gasteiger partial charge in [-0.2, -0.15) is 15.0 Å². The van der Waals surface area contributed by atoms with Gasteiger partial charge in [0.2, 0.25) is 11.9 Å². The standard InChI is InChI=1S/C14H27N5O2/c1-6-7-15-12-17-13(16-8-11(20)9(2)3)19-14(18-12)21-10(4)5/h9-11,20H,6-8H2,1-5H3,(H2,15,16,17,18,19). The van der Waals surface area contributed by atoms with Crippen molar-refractivity contribution in [2.75, 3.05) is 23.7 Å². The molecule has 3 N–H and O–H groups in total. The third kappa shape index (κ3) is 6.57. The first-order chi connectivity index (χ1) is 9.92. The van der Waals surface area contributed by atoms with Crippen molar-refractivity contribution in [2.24, 2.45) is 5.92 Å². The molecular weight excluding hydrogens is 270 g/mol. The van der Waals surface area contributed by atoms with E-state index in [2.05, 4.69) is 32.5 Å². The quantitative estimate of drug-likeness (QED) is 0.641. The van der Waals surface area contributed by atoms with E-state index in [0.717, 1.165) is 13.0 Å². The second-order valence-electron chi connectivity index (χ2n) is 5.55. The molecular formula is C14H27N5O2. The second kappa shape index (κ2) is 8.61. The van der Waals surface area contributed by atoms with Gasteiger partial charge in [0.1, 0.15) is 0 Å². The Balaban J connectivity index is 2.79. The minimum atomic E-state index is -0.455. The van der Waals surface area contributed by atoms with Crippen molar-refractivity contribution >= 4 is 11.9 Å². The van der Waals surface area contributed by atoms with Gasteiger partial charge in [0, 0.05) is 13.1 Å². The number of hydrogen-bond donors (Lipinski definition) is 3. The van der Waals surface area contributed by atoms with Gasteiger partial charge in [-0.25, -0.2) is 0 Å². The zero-order chi connectivity index (χ0) is 15.8. The van der Waals surface area contributed by atoms with Crippen molar-refractivity contribution in [3.8, 4) is 6.01 Å². The normalized spacial score (nSPS) is 12.6. The van der Waals surface area contributed by atoms with Crippen molar-refractivity contribution < 1.29 is 9.84 Å². The molecule has 7 heteroatoms. The number of rotatable bonds is 9. The van der Waals surface area contributed by atoms with E-state index in [4.69, 9.17) is 4.74 Å². The van der Waals surface area contributed by atoms with Crippen molar-refractivity contribution in [1.82, 2.24) is 15.0 Å². The lowest BCUT2D eigenvalue weighted by molar-refractivity contribution is 0.137. The molecule has 1 aromatic rings. The van der Waals surface area contributed by atoms with Crippen LogP contribution in [0.4, 0.5) is 11.9 Å².